The van der Waals surface area contributed by atoms with Crippen LogP contribution in [0, 0.1) is 0 Å². The first-order valence-corrected chi connectivity index (χ1v) is 8.84. The van der Waals surface area contributed by atoms with E-state index < -0.39 is 5.97 Å². The van der Waals surface area contributed by atoms with Crippen LogP contribution < -0.4 is 10.1 Å². The summed E-state index contributed by atoms with van der Waals surface area (Å²) in [7, 11) is 1.34. The number of benzene rings is 1. The third kappa shape index (κ3) is 2.73. The summed E-state index contributed by atoms with van der Waals surface area (Å²) in [6, 6.07) is 8.68. The molecular weight excluding hydrogens is 406 g/mol. The molecule has 3 heterocycles. The fourth-order valence-electron chi connectivity index (χ4n) is 2.50. The first-order valence-electron chi connectivity index (χ1n) is 7.23. The number of hydrogen-bond acceptors (Lipinski definition) is 6. The van der Waals surface area contributed by atoms with Gasteiger partial charge in [0, 0.05) is 10.7 Å². The number of methoxy groups -OCH3 is 1. The minimum Gasteiger partial charge on any atom is -0.465 e. The van der Waals surface area contributed by atoms with Gasteiger partial charge in [-0.05, 0) is 45.8 Å². The van der Waals surface area contributed by atoms with E-state index in [2.05, 4.69) is 30.6 Å². The fraction of sp³-hybridized carbons (Fsp3) is 0.0588. The highest BCUT2D eigenvalue weighted by Gasteiger charge is 2.12. The molecular formula is C17H10BrN3O3S. The SMILES string of the molecule is COC(=O)c1ccc(C=c2sc3nc4cc(Br)cnc4n3c2=O)cc1. The topological polar surface area (TPSA) is 73.6 Å². The summed E-state index contributed by atoms with van der Waals surface area (Å²) in [5, 5.41) is 0. The molecule has 0 N–H and O–H groups in total. The molecule has 0 radical (unpaired) electrons. The Bertz CT molecular complexity index is 1230. The van der Waals surface area contributed by atoms with E-state index in [9.17, 15) is 9.59 Å². The van der Waals surface area contributed by atoms with Crippen molar-refractivity contribution >= 4 is 55.4 Å². The summed E-state index contributed by atoms with van der Waals surface area (Å²) in [6.45, 7) is 0. The minimum atomic E-state index is -0.394. The lowest BCUT2D eigenvalue weighted by Gasteiger charge is -1.98. The second-order valence-electron chi connectivity index (χ2n) is 5.26. The number of ether oxygens (including phenoxy) is 1. The number of carbonyl (C=O) groups is 1. The van der Waals surface area contributed by atoms with Crippen LogP contribution in [-0.2, 0) is 4.74 Å². The van der Waals surface area contributed by atoms with E-state index >= 15 is 0 Å². The van der Waals surface area contributed by atoms with Crippen molar-refractivity contribution < 1.29 is 9.53 Å². The monoisotopic (exact) mass is 415 g/mol. The summed E-state index contributed by atoms with van der Waals surface area (Å²) >= 11 is 4.65. The van der Waals surface area contributed by atoms with Crippen molar-refractivity contribution in [3.63, 3.8) is 0 Å². The van der Waals surface area contributed by atoms with Crippen molar-refractivity contribution in [3.8, 4) is 0 Å². The smallest absolute Gasteiger partial charge is 0.337 e. The van der Waals surface area contributed by atoms with Crippen LogP contribution in [0.4, 0.5) is 0 Å². The highest BCUT2D eigenvalue weighted by Crippen LogP contribution is 2.18. The number of aromatic nitrogens is 3. The van der Waals surface area contributed by atoms with Crippen LogP contribution in [0.3, 0.4) is 0 Å². The van der Waals surface area contributed by atoms with E-state index in [-0.39, 0.29) is 5.56 Å². The van der Waals surface area contributed by atoms with Crippen molar-refractivity contribution in [1.29, 1.82) is 0 Å². The van der Waals surface area contributed by atoms with Crippen LogP contribution in [0.1, 0.15) is 15.9 Å². The van der Waals surface area contributed by atoms with Gasteiger partial charge in [-0.15, -0.1) is 0 Å². The minimum absolute atomic E-state index is 0.158. The molecule has 4 aromatic rings. The van der Waals surface area contributed by atoms with Gasteiger partial charge in [-0.1, -0.05) is 23.5 Å². The number of rotatable bonds is 2. The maximum absolute atomic E-state index is 12.7. The molecule has 0 aliphatic heterocycles. The second kappa shape index (κ2) is 6.05. The Kier molecular flexibility index (Phi) is 3.85. The molecule has 3 aromatic heterocycles. The Balaban J connectivity index is 1.84. The highest BCUT2D eigenvalue weighted by molar-refractivity contribution is 9.10. The lowest BCUT2D eigenvalue weighted by molar-refractivity contribution is 0.0600. The fourth-order valence-corrected chi connectivity index (χ4v) is 3.79. The van der Waals surface area contributed by atoms with E-state index in [1.807, 2.05) is 6.07 Å². The molecule has 6 nitrogen and oxygen atoms in total. The van der Waals surface area contributed by atoms with E-state index in [4.69, 9.17) is 0 Å². The number of pyridine rings is 1. The van der Waals surface area contributed by atoms with Gasteiger partial charge in [0.05, 0.1) is 17.2 Å². The Morgan fingerprint density at radius 1 is 1.32 bits per heavy atom. The van der Waals surface area contributed by atoms with E-state index in [1.165, 1.54) is 22.8 Å². The first kappa shape index (κ1) is 15.9. The van der Waals surface area contributed by atoms with Crippen molar-refractivity contribution in [1.82, 2.24) is 14.4 Å². The predicted molar refractivity (Wildman–Crippen MR) is 98.9 cm³/mol. The molecule has 0 fully saturated rings. The molecule has 0 aliphatic carbocycles. The van der Waals surface area contributed by atoms with Gasteiger partial charge < -0.3 is 4.74 Å². The number of thiazole rings is 1. The van der Waals surface area contributed by atoms with E-state index in [0.717, 1.165) is 10.0 Å². The standard InChI is InChI=1S/C17H10BrN3O3S/c1-24-16(23)10-4-2-9(3-5-10)6-13-15(22)21-14-12(20-17(21)25-13)7-11(18)8-19-14/h2-8H,1H3. The van der Waals surface area contributed by atoms with Gasteiger partial charge in [0.15, 0.2) is 10.6 Å². The highest BCUT2D eigenvalue weighted by atomic mass is 79.9. The zero-order valence-corrected chi connectivity index (χ0v) is 15.3. The van der Waals surface area contributed by atoms with Crippen molar-refractivity contribution in [2.24, 2.45) is 0 Å². The molecule has 0 atom stereocenters. The molecule has 0 saturated carbocycles. The lowest BCUT2D eigenvalue weighted by atomic mass is 10.1. The largest absolute Gasteiger partial charge is 0.465 e. The number of nitrogens with zero attached hydrogens (tertiary/aromatic N) is 3. The number of fused-ring (bicyclic) bond motifs is 3. The van der Waals surface area contributed by atoms with Crippen LogP contribution in [0.2, 0.25) is 0 Å². The summed E-state index contributed by atoms with van der Waals surface area (Å²) in [5.41, 5.74) is 2.33. The summed E-state index contributed by atoms with van der Waals surface area (Å²) in [4.78, 5) is 33.5. The molecule has 4 rings (SSSR count). The van der Waals surface area contributed by atoms with Crippen LogP contribution in [-0.4, -0.2) is 27.4 Å². The van der Waals surface area contributed by atoms with Crippen LogP contribution in [0.25, 0.3) is 22.2 Å². The second-order valence-corrected chi connectivity index (χ2v) is 7.18. The van der Waals surface area contributed by atoms with Crippen LogP contribution in [0.5, 0.6) is 0 Å². The Hall–Kier alpha value is -2.58. The molecule has 1 aromatic carbocycles. The van der Waals surface area contributed by atoms with E-state index in [1.54, 1.807) is 36.5 Å². The average Bonchev–Trinajstić information content (AvgIpc) is 3.11. The maximum atomic E-state index is 12.7. The summed E-state index contributed by atoms with van der Waals surface area (Å²) in [6.07, 6.45) is 3.41. The zero-order chi connectivity index (χ0) is 17.6. The van der Waals surface area contributed by atoms with Gasteiger partial charge in [-0.3, -0.25) is 4.79 Å². The third-order valence-corrected chi connectivity index (χ3v) is 5.08. The van der Waals surface area contributed by atoms with Crippen molar-refractivity contribution in [2.75, 3.05) is 7.11 Å². The Morgan fingerprint density at radius 2 is 2.08 bits per heavy atom. The lowest BCUT2D eigenvalue weighted by Crippen LogP contribution is -2.22. The Morgan fingerprint density at radius 3 is 2.80 bits per heavy atom. The molecule has 0 spiro atoms. The van der Waals surface area contributed by atoms with Crippen molar-refractivity contribution in [3.05, 3.63) is 67.0 Å². The molecule has 0 bridgehead atoms. The quantitative estimate of drug-likeness (QED) is 0.470. The van der Waals surface area contributed by atoms with E-state index in [0.29, 0.717) is 26.2 Å². The summed E-state index contributed by atoms with van der Waals surface area (Å²) < 4.78 is 7.56. The number of esters is 1. The van der Waals surface area contributed by atoms with Gasteiger partial charge in [-0.2, -0.15) is 0 Å². The van der Waals surface area contributed by atoms with Crippen LogP contribution in [0.15, 0.2) is 45.8 Å². The van der Waals surface area contributed by atoms with Gasteiger partial charge in [0.1, 0.15) is 5.52 Å². The summed E-state index contributed by atoms with van der Waals surface area (Å²) in [5.74, 6) is -0.394. The van der Waals surface area contributed by atoms with Gasteiger partial charge >= 0.3 is 5.97 Å². The molecule has 0 saturated heterocycles. The molecule has 25 heavy (non-hydrogen) atoms. The Labute approximate surface area is 153 Å². The predicted octanol–water partition coefficient (Wildman–Crippen LogP) is 2.40. The van der Waals surface area contributed by atoms with Gasteiger partial charge in [-0.25, -0.2) is 19.2 Å². The molecule has 0 unspecified atom stereocenters. The normalized spacial score (nSPS) is 12.2. The molecule has 0 amide bonds. The number of carbonyl (C=O) groups excluding carboxylic acids is 1. The third-order valence-electron chi connectivity index (χ3n) is 3.68. The average molecular weight is 416 g/mol. The van der Waals surface area contributed by atoms with Gasteiger partial charge in [0.2, 0.25) is 0 Å². The number of halogens is 1. The maximum Gasteiger partial charge on any atom is 0.337 e. The number of imidazole rings is 1. The van der Waals surface area contributed by atoms with Crippen LogP contribution >= 0.6 is 27.3 Å². The molecule has 124 valence electrons. The number of hydrogen-bond donors (Lipinski definition) is 0. The van der Waals surface area contributed by atoms with Gasteiger partial charge in [0.25, 0.3) is 5.56 Å². The molecule has 0 aliphatic rings. The zero-order valence-electron chi connectivity index (χ0n) is 12.9. The molecule has 8 heteroatoms. The van der Waals surface area contributed by atoms with Crippen molar-refractivity contribution in [2.45, 2.75) is 0 Å². The first-order chi connectivity index (χ1) is 12.1.